The summed E-state index contributed by atoms with van der Waals surface area (Å²) in [4.78, 5) is 19.8. The third-order valence-electron chi connectivity index (χ3n) is 5.40. The number of aromatic nitrogens is 2. The molecule has 0 aliphatic rings. The van der Waals surface area contributed by atoms with E-state index in [1.165, 1.54) is 0 Å². The molecule has 0 fully saturated rings. The number of methoxy groups -OCH3 is 1. The number of ether oxygens (including phenoxy) is 1. The molecule has 0 N–H and O–H groups in total. The number of benzene rings is 2. The van der Waals surface area contributed by atoms with Crippen LogP contribution in [0.3, 0.4) is 0 Å². The number of carbonyl (C=O) groups excluding carboxylic acids is 1. The van der Waals surface area contributed by atoms with Crippen molar-refractivity contribution in [2.24, 2.45) is 0 Å². The fourth-order valence-corrected chi connectivity index (χ4v) is 3.85. The quantitative estimate of drug-likeness (QED) is 0.372. The molecule has 158 valence electrons. The first-order chi connectivity index (χ1) is 15.3. The Morgan fingerprint density at radius 3 is 2.48 bits per heavy atom. The molecule has 2 aromatic heterocycles. The first kappa shape index (κ1) is 20.8. The Bertz CT molecular complexity index is 1120. The van der Waals surface area contributed by atoms with Gasteiger partial charge in [0.15, 0.2) is 0 Å². The molecule has 2 aromatic carbocycles. The molecule has 0 saturated heterocycles. The maximum absolute atomic E-state index is 13.8. The number of pyridine rings is 1. The summed E-state index contributed by atoms with van der Waals surface area (Å²) in [6.07, 6.45) is 4.31. The van der Waals surface area contributed by atoms with Crippen LogP contribution in [0, 0.1) is 0 Å². The lowest BCUT2D eigenvalue weighted by molar-refractivity contribution is 0.0713. The highest BCUT2D eigenvalue weighted by molar-refractivity contribution is 5.98. The number of hydrogen-bond donors (Lipinski definition) is 0. The molecular weight excluding hydrogens is 386 g/mol. The van der Waals surface area contributed by atoms with Crippen LogP contribution < -0.4 is 0 Å². The molecular formula is C26H27N3O2. The lowest BCUT2D eigenvalue weighted by Gasteiger charge is -2.24. The fourth-order valence-electron chi connectivity index (χ4n) is 3.85. The van der Waals surface area contributed by atoms with E-state index in [0.717, 1.165) is 28.5 Å². The number of rotatable bonds is 9. The van der Waals surface area contributed by atoms with Crippen LogP contribution in [-0.4, -0.2) is 40.6 Å². The third kappa shape index (κ3) is 5.01. The molecule has 0 aliphatic carbocycles. The average molecular weight is 414 g/mol. The van der Waals surface area contributed by atoms with Crippen molar-refractivity contribution in [1.29, 1.82) is 0 Å². The summed E-state index contributed by atoms with van der Waals surface area (Å²) in [5.74, 6) is 0.0278. The van der Waals surface area contributed by atoms with Crippen molar-refractivity contribution >= 4 is 16.8 Å². The highest BCUT2D eigenvalue weighted by atomic mass is 16.5. The minimum Gasteiger partial charge on any atom is -0.385 e. The standard InChI is InChI=1S/C26H27N3O2/c1-31-17-7-16-28(19-22-12-14-27-15-13-22)26(30)25-18-23-10-5-6-11-24(23)29(25)20-21-8-3-2-4-9-21/h2-6,8-15,18H,7,16-17,19-20H2,1H3. The highest BCUT2D eigenvalue weighted by Crippen LogP contribution is 2.23. The van der Waals surface area contributed by atoms with E-state index in [1.54, 1.807) is 19.5 Å². The largest absolute Gasteiger partial charge is 0.385 e. The second-order valence-corrected chi connectivity index (χ2v) is 7.59. The lowest BCUT2D eigenvalue weighted by Crippen LogP contribution is -2.33. The van der Waals surface area contributed by atoms with Gasteiger partial charge in [0.2, 0.25) is 0 Å². The van der Waals surface area contributed by atoms with Gasteiger partial charge in [-0.05, 0) is 41.8 Å². The van der Waals surface area contributed by atoms with Gasteiger partial charge in [0, 0.05) is 56.6 Å². The summed E-state index contributed by atoms with van der Waals surface area (Å²) >= 11 is 0. The first-order valence-electron chi connectivity index (χ1n) is 10.6. The predicted molar refractivity (Wildman–Crippen MR) is 123 cm³/mol. The maximum Gasteiger partial charge on any atom is 0.270 e. The SMILES string of the molecule is COCCCN(Cc1ccncc1)C(=O)c1cc2ccccc2n1Cc1ccccc1. The number of nitrogens with zero attached hydrogens (tertiary/aromatic N) is 3. The van der Waals surface area contributed by atoms with Crippen LogP contribution in [0.2, 0.25) is 0 Å². The molecule has 5 nitrogen and oxygen atoms in total. The van der Waals surface area contributed by atoms with Crippen LogP contribution in [0.25, 0.3) is 10.9 Å². The number of carbonyl (C=O) groups is 1. The zero-order chi connectivity index (χ0) is 21.5. The normalized spacial score (nSPS) is 11.0. The molecule has 4 rings (SSSR count). The van der Waals surface area contributed by atoms with Crippen molar-refractivity contribution in [2.75, 3.05) is 20.3 Å². The molecule has 0 saturated carbocycles. The first-order valence-corrected chi connectivity index (χ1v) is 10.6. The van der Waals surface area contributed by atoms with E-state index in [0.29, 0.717) is 31.9 Å². The Hall–Kier alpha value is -3.44. The third-order valence-corrected chi connectivity index (χ3v) is 5.40. The van der Waals surface area contributed by atoms with E-state index >= 15 is 0 Å². The van der Waals surface area contributed by atoms with Crippen LogP contribution in [0.5, 0.6) is 0 Å². The van der Waals surface area contributed by atoms with E-state index in [4.69, 9.17) is 4.74 Å². The van der Waals surface area contributed by atoms with Crippen LogP contribution in [0.4, 0.5) is 0 Å². The topological polar surface area (TPSA) is 47.4 Å². The Labute approximate surface area is 182 Å². The molecule has 1 amide bonds. The summed E-state index contributed by atoms with van der Waals surface area (Å²) in [7, 11) is 1.69. The van der Waals surface area contributed by atoms with Gasteiger partial charge in [-0.2, -0.15) is 0 Å². The van der Waals surface area contributed by atoms with Crippen molar-refractivity contribution in [3.05, 3.63) is 102 Å². The Kier molecular flexibility index (Phi) is 6.75. The Morgan fingerprint density at radius 2 is 1.71 bits per heavy atom. The lowest BCUT2D eigenvalue weighted by atomic mass is 10.2. The van der Waals surface area contributed by atoms with Crippen molar-refractivity contribution in [1.82, 2.24) is 14.5 Å². The van der Waals surface area contributed by atoms with Crippen LogP contribution in [0.1, 0.15) is 28.0 Å². The summed E-state index contributed by atoms with van der Waals surface area (Å²) in [5, 5.41) is 1.07. The van der Waals surface area contributed by atoms with Gasteiger partial charge in [0.1, 0.15) is 5.69 Å². The number of hydrogen-bond acceptors (Lipinski definition) is 3. The molecule has 0 atom stereocenters. The van der Waals surface area contributed by atoms with Gasteiger partial charge in [-0.15, -0.1) is 0 Å². The number of fused-ring (bicyclic) bond motifs is 1. The Balaban J connectivity index is 1.70. The fraction of sp³-hybridized carbons (Fsp3) is 0.231. The van der Waals surface area contributed by atoms with E-state index in [2.05, 4.69) is 33.8 Å². The molecule has 2 heterocycles. The monoisotopic (exact) mass is 413 g/mol. The van der Waals surface area contributed by atoms with E-state index in [1.807, 2.05) is 53.4 Å². The molecule has 0 bridgehead atoms. The van der Waals surface area contributed by atoms with Crippen molar-refractivity contribution in [3.63, 3.8) is 0 Å². The zero-order valence-corrected chi connectivity index (χ0v) is 17.8. The van der Waals surface area contributed by atoms with Gasteiger partial charge >= 0.3 is 0 Å². The number of amides is 1. The van der Waals surface area contributed by atoms with Crippen molar-refractivity contribution in [3.8, 4) is 0 Å². The van der Waals surface area contributed by atoms with E-state index < -0.39 is 0 Å². The highest BCUT2D eigenvalue weighted by Gasteiger charge is 2.22. The molecule has 0 unspecified atom stereocenters. The molecule has 4 aromatic rings. The van der Waals surface area contributed by atoms with Crippen LogP contribution >= 0.6 is 0 Å². The molecule has 0 spiro atoms. The zero-order valence-electron chi connectivity index (χ0n) is 17.8. The average Bonchev–Trinajstić information content (AvgIpc) is 3.18. The molecule has 0 aliphatic heterocycles. The summed E-state index contributed by atoms with van der Waals surface area (Å²) in [6.45, 7) is 2.43. The smallest absolute Gasteiger partial charge is 0.270 e. The van der Waals surface area contributed by atoms with Gasteiger partial charge < -0.3 is 14.2 Å². The van der Waals surface area contributed by atoms with Crippen LogP contribution in [-0.2, 0) is 17.8 Å². The van der Waals surface area contributed by atoms with Gasteiger partial charge in [0.25, 0.3) is 5.91 Å². The minimum absolute atomic E-state index is 0.0278. The summed E-state index contributed by atoms with van der Waals surface area (Å²) < 4.78 is 7.35. The summed E-state index contributed by atoms with van der Waals surface area (Å²) in [5.41, 5.74) is 4.00. The van der Waals surface area contributed by atoms with Crippen molar-refractivity contribution < 1.29 is 9.53 Å². The summed E-state index contributed by atoms with van der Waals surface area (Å²) in [6, 6.07) is 24.3. The van der Waals surface area contributed by atoms with Gasteiger partial charge in [-0.25, -0.2) is 0 Å². The van der Waals surface area contributed by atoms with E-state index in [9.17, 15) is 4.79 Å². The maximum atomic E-state index is 13.8. The Morgan fingerprint density at radius 1 is 0.968 bits per heavy atom. The van der Waals surface area contributed by atoms with E-state index in [-0.39, 0.29) is 5.91 Å². The second kappa shape index (κ2) is 10.0. The predicted octanol–water partition coefficient (Wildman–Crippen LogP) is 4.76. The van der Waals surface area contributed by atoms with Gasteiger partial charge in [-0.3, -0.25) is 9.78 Å². The van der Waals surface area contributed by atoms with Gasteiger partial charge in [-0.1, -0.05) is 48.5 Å². The number of para-hydroxylation sites is 1. The van der Waals surface area contributed by atoms with Gasteiger partial charge in [0.05, 0.1) is 0 Å². The molecule has 31 heavy (non-hydrogen) atoms. The minimum atomic E-state index is 0.0278. The molecule has 5 heteroatoms. The van der Waals surface area contributed by atoms with Crippen molar-refractivity contribution in [2.45, 2.75) is 19.5 Å². The molecule has 0 radical (unpaired) electrons. The van der Waals surface area contributed by atoms with Crippen LogP contribution in [0.15, 0.2) is 85.2 Å². The second-order valence-electron chi connectivity index (χ2n) is 7.59.